The maximum Gasteiger partial charge on any atom is 0.337 e. The SMILES string of the molecule is C=CCOC(=O)C1=C(C)NC(C)=C(C#N)C1c1ccccn1. The molecule has 0 fully saturated rings. The molecule has 1 aromatic heterocycles. The second-order valence-corrected chi connectivity index (χ2v) is 4.89. The van der Waals surface area contributed by atoms with Gasteiger partial charge in [0.2, 0.25) is 0 Å². The Morgan fingerprint density at radius 3 is 2.86 bits per heavy atom. The Kier molecular flexibility index (Phi) is 4.74. The average molecular weight is 295 g/mol. The van der Waals surface area contributed by atoms with Gasteiger partial charge in [0.15, 0.2) is 0 Å². The summed E-state index contributed by atoms with van der Waals surface area (Å²) in [5.41, 5.74) is 2.90. The summed E-state index contributed by atoms with van der Waals surface area (Å²) in [6.07, 6.45) is 3.15. The highest BCUT2D eigenvalue weighted by Gasteiger charge is 2.34. The van der Waals surface area contributed by atoms with E-state index in [2.05, 4.69) is 22.9 Å². The molecule has 1 aliphatic rings. The van der Waals surface area contributed by atoms with Gasteiger partial charge in [0.1, 0.15) is 6.61 Å². The van der Waals surface area contributed by atoms with Crippen LogP contribution in [0.1, 0.15) is 25.5 Å². The molecule has 0 radical (unpaired) electrons. The smallest absolute Gasteiger partial charge is 0.337 e. The zero-order valence-electron chi connectivity index (χ0n) is 12.6. The van der Waals surface area contributed by atoms with Crippen LogP contribution in [0.25, 0.3) is 0 Å². The molecule has 0 aromatic carbocycles. The number of nitriles is 1. The standard InChI is InChI=1S/C17H17N3O2/c1-4-9-22-17(21)15-12(3)20-11(2)13(10-18)16(15)14-7-5-6-8-19-14/h4-8,16,20H,1,9H2,2-3H3. The molecule has 2 heterocycles. The first kappa shape index (κ1) is 15.5. The summed E-state index contributed by atoms with van der Waals surface area (Å²) < 4.78 is 5.17. The Morgan fingerprint density at radius 1 is 1.50 bits per heavy atom. The third-order valence-corrected chi connectivity index (χ3v) is 3.42. The Balaban J connectivity index is 2.53. The van der Waals surface area contributed by atoms with Gasteiger partial charge in [-0.3, -0.25) is 4.98 Å². The summed E-state index contributed by atoms with van der Waals surface area (Å²) in [7, 11) is 0. The number of ether oxygens (including phenoxy) is 1. The molecule has 5 nitrogen and oxygen atoms in total. The Bertz CT molecular complexity index is 696. The van der Waals surface area contributed by atoms with E-state index in [0.29, 0.717) is 22.5 Å². The molecule has 0 aliphatic carbocycles. The molecule has 0 saturated carbocycles. The van der Waals surface area contributed by atoms with Gasteiger partial charge in [-0.1, -0.05) is 18.7 Å². The predicted molar refractivity (Wildman–Crippen MR) is 82.3 cm³/mol. The first-order valence-corrected chi connectivity index (χ1v) is 6.87. The molecule has 1 atom stereocenters. The average Bonchev–Trinajstić information content (AvgIpc) is 2.52. The van der Waals surface area contributed by atoms with Crippen LogP contribution in [-0.2, 0) is 9.53 Å². The lowest BCUT2D eigenvalue weighted by Crippen LogP contribution is -2.29. The summed E-state index contributed by atoms with van der Waals surface area (Å²) >= 11 is 0. The van der Waals surface area contributed by atoms with Gasteiger partial charge in [0, 0.05) is 17.6 Å². The number of dihydropyridines is 1. The van der Waals surface area contributed by atoms with Crippen molar-refractivity contribution in [2.45, 2.75) is 19.8 Å². The normalized spacial score (nSPS) is 17.6. The van der Waals surface area contributed by atoms with Crippen molar-refractivity contribution < 1.29 is 9.53 Å². The maximum atomic E-state index is 12.4. The maximum absolute atomic E-state index is 12.4. The van der Waals surface area contributed by atoms with Crippen molar-refractivity contribution in [1.29, 1.82) is 5.26 Å². The zero-order valence-corrected chi connectivity index (χ0v) is 12.6. The topological polar surface area (TPSA) is 75.0 Å². The van der Waals surface area contributed by atoms with Crippen LogP contribution in [0.15, 0.2) is 59.6 Å². The first-order valence-electron chi connectivity index (χ1n) is 6.87. The van der Waals surface area contributed by atoms with E-state index < -0.39 is 11.9 Å². The highest BCUT2D eigenvalue weighted by Crippen LogP contribution is 2.37. The van der Waals surface area contributed by atoms with Crippen molar-refractivity contribution in [2.24, 2.45) is 0 Å². The summed E-state index contributed by atoms with van der Waals surface area (Å²) in [4.78, 5) is 16.7. The Labute approximate surface area is 129 Å². The van der Waals surface area contributed by atoms with Gasteiger partial charge in [-0.15, -0.1) is 0 Å². The molecule has 1 unspecified atom stereocenters. The third kappa shape index (κ3) is 2.91. The summed E-state index contributed by atoms with van der Waals surface area (Å²) in [5, 5.41) is 12.6. The second kappa shape index (κ2) is 6.72. The van der Waals surface area contributed by atoms with E-state index >= 15 is 0 Å². The summed E-state index contributed by atoms with van der Waals surface area (Å²) in [6.45, 7) is 7.25. The molecule has 2 rings (SSSR count). The molecule has 0 saturated heterocycles. The van der Waals surface area contributed by atoms with Crippen molar-refractivity contribution in [1.82, 2.24) is 10.3 Å². The van der Waals surface area contributed by atoms with Crippen molar-refractivity contribution in [3.05, 3.63) is 65.3 Å². The van der Waals surface area contributed by atoms with Crippen LogP contribution in [0.2, 0.25) is 0 Å². The van der Waals surface area contributed by atoms with E-state index in [1.807, 2.05) is 13.0 Å². The number of carbonyl (C=O) groups excluding carboxylic acids is 1. The number of allylic oxidation sites excluding steroid dienone is 3. The van der Waals surface area contributed by atoms with Crippen LogP contribution in [-0.4, -0.2) is 17.6 Å². The van der Waals surface area contributed by atoms with Crippen molar-refractivity contribution >= 4 is 5.97 Å². The predicted octanol–water partition coefficient (Wildman–Crippen LogP) is 2.57. The quantitative estimate of drug-likeness (QED) is 0.682. The molecule has 0 amide bonds. The molecule has 22 heavy (non-hydrogen) atoms. The van der Waals surface area contributed by atoms with Gasteiger partial charge in [0.05, 0.1) is 28.8 Å². The van der Waals surface area contributed by atoms with E-state index in [4.69, 9.17) is 4.74 Å². The second-order valence-electron chi connectivity index (χ2n) is 4.89. The van der Waals surface area contributed by atoms with Gasteiger partial charge < -0.3 is 10.1 Å². The minimum absolute atomic E-state index is 0.120. The molecule has 1 aliphatic heterocycles. The van der Waals surface area contributed by atoms with E-state index in [0.717, 1.165) is 5.70 Å². The highest BCUT2D eigenvalue weighted by atomic mass is 16.5. The molecule has 5 heteroatoms. The van der Waals surface area contributed by atoms with Gasteiger partial charge in [-0.05, 0) is 26.0 Å². The summed E-state index contributed by atoms with van der Waals surface area (Å²) in [5.74, 6) is -0.995. The number of aromatic nitrogens is 1. The van der Waals surface area contributed by atoms with E-state index in [-0.39, 0.29) is 6.61 Å². The van der Waals surface area contributed by atoms with E-state index in [1.165, 1.54) is 6.08 Å². The van der Waals surface area contributed by atoms with Crippen molar-refractivity contribution in [2.75, 3.05) is 6.61 Å². The number of pyridine rings is 1. The lowest BCUT2D eigenvalue weighted by Gasteiger charge is -2.27. The van der Waals surface area contributed by atoms with Gasteiger partial charge in [-0.2, -0.15) is 5.26 Å². The van der Waals surface area contributed by atoms with Crippen LogP contribution >= 0.6 is 0 Å². The largest absolute Gasteiger partial charge is 0.458 e. The number of nitrogens with zero attached hydrogens (tertiary/aromatic N) is 2. The zero-order chi connectivity index (χ0) is 16.1. The number of hydrogen-bond acceptors (Lipinski definition) is 5. The molecular weight excluding hydrogens is 278 g/mol. The molecule has 1 N–H and O–H groups in total. The monoisotopic (exact) mass is 295 g/mol. The number of rotatable bonds is 4. The minimum Gasteiger partial charge on any atom is -0.458 e. The first-order chi connectivity index (χ1) is 10.6. The summed E-state index contributed by atoms with van der Waals surface area (Å²) in [6, 6.07) is 7.60. The van der Waals surface area contributed by atoms with Crippen LogP contribution in [0.3, 0.4) is 0 Å². The van der Waals surface area contributed by atoms with Crippen LogP contribution in [0.4, 0.5) is 0 Å². The molecule has 0 spiro atoms. The number of nitrogens with one attached hydrogen (secondary N) is 1. The Morgan fingerprint density at radius 2 is 2.27 bits per heavy atom. The molecule has 1 aromatic rings. The van der Waals surface area contributed by atoms with Crippen LogP contribution in [0, 0.1) is 11.3 Å². The third-order valence-electron chi connectivity index (χ3n) is 3.42. The van der Waals surface area contributed by atoms with Crippen molar-refractivity contribution in [3.63, 3.8) is 0 Å². The van der Waals surface area contributed by atoms with E-state index in [9.17, 15) is 10.1 Å². The van der Waals surface area contributed by atoms with Gasteiger partial charge in [0.25, 0.3) is 0 Å². The van der Waals surface area contributed by atoms with E-state index in [1.54, 1.807) is 25.3 Å². The fourth-order valence-electron chi connectivity index (χ4n) is 2.47. The van der Waals surface area contributed by atoms with Gasteiger partial charge in [-0.25, -0.2) is 4.79 Å². The highest BCUT2D eigenvalue weighted by molar-refractivity contribution is 5.92. The lowest BCUT2D eigenvalue weighted by molar-refractivity contribution is -0.138. The number of carbonyl (C=O) groups is 1. The molecular formula is C17H17N3O2. The van der Waals surface area contributed by atoms with Crippen LogP contribution < -0.4 is 5.32 Å². The Hall–Kier alpha value is -2.87. The number of esters is 1. The fraction of sp³-hybridized carbons (Fsp3) is 0.235. The van der Waals surface area contributed by atoms with Gasteiger partial charge >= 0.3 is 5.97 Å². The minimum atomic E-state index is -0.523. The molecule has 112 valence electrons. The van der Waals surface area contributed by atoms with Crippen molar-refractivity contribution in [3.8, 4) is 6.07 Å². The fourth-order valence-corrected chi connectivity index (χ4v) is 2.47. The number of hydrogen-bond donors (Lipinski definition) is 1. The molecule has 0 bridgehead atoms. The lowest BCUT2D eigenvalue weighted by atomic mass is 9.83. The van der Waals surface area contributed by atoms with Crippen LogP contribution in [0.5, 0.6) is 0 Å².